The Morgan fingerprint density at radius 2 is 1.57 bits per heavy atom. The first-order valence-corrected chi connectivity index (χ1v) is 12.6. The van der Waals surface area contributed by atoms with Crippen molar-refractivity contribution in [3.63, 3.8) is 0 Å². The van der Waals surface area contributed by atoms with E-state index >= 15 is 0 Å². The Hall–Kier alpha value is 0.274. The average molecular weight is 336 g/mol. The van der Waals surface area contributed by atoms with Crippen LogP contribution in [0.2, 0.25) is 24.2 Å². The molecule has 0 amide bonds. The molecule has 0 aliphatic carbocycles. The van der Waals surface area contributed by atoms with Gasteiger partial charge in [-0.3, -0.25) is 0 Å². The fourth-order valence-corrected chi connectivity index (χ4v) is 7.00. The summed E-state index contributed by atoms with van der Waals surface area (Å²) >= 11 is 0. The summed E-state index contributed by atoms with van der Waals surface area (Å²) in [6.45, 7) is 8.83. The molecule has 0 aromatic rings. The van der Waals surface area contributed by atoms with Crippen molar-refractivity contribution in [2.75, 3.05) is 34.4 Å². The Balaban J connectivity index is 3.61. The third-order valence-corrected chi connectivity index (χ3v) is 11.9. The van der Waals surface area contributed by atoms with Crippen molar-refractivity contribution in [2.24, 2.45) is 0 Å². The van der Waals surface area contributed by atoms with E-state index in [4.69, 9.17) is 13.9 Å². The van der Waals surface area contributed by atoms with E-state index in [1.807, 2.05) is 7.11 Å². The molecule has 0 spiro atoms. The number of nitrogens with one attached hydrogen (secondary N) is 1. The quantitative estimate of drug-likeness (QED) is 0.301. The van der Waals surface area contributed by atoms with Crippen molar-refractivity contribution in [3.8, 4) is 0 Å². The molecule has 0 aromatic carbocycles. The van der Waals surface area contributed by atoms with Crippen molar-refractivity contribution < 1.29 is 13.9 Å². The lowest BCUT2D eigenvalue weighted by molar-refractivity contribution is -0.130. The Bertz CT molecular complexity index is 239. The van der Waals surface area contributed by atoms with Gasteiger partial charge < -0.3 is 19.2 Å². The highest BCUT2D eigenvalue weighted by Gasteiger charge is 2.28. The van der Waals surface area contributed by atoms with Crippen molar-refractivity contribution in [1.29, 1.82) is 0 Å². The Kier molecular flexibility index (Phi) is 11.9. The third kappa shape index (κ3) is 8.47. The van der Waals surface area contributed by atoms with Crippen LogP contribution in [0.1, 0.15) is 33.6 Å². The van der Waals surface area contributed by atoms with E-state index in [9.17, 15) is 0 Å². The third-order valence-electron chi connectivity index (χ3n) is 4.81. The molecule has 0 saturated carbocycles. The van der Waals surface area contributed by atoms with Crippen LogP contribution in [0.4, 0.5) is 0 Å². The lowest BCUT2D eigenvalue weighted by Crippen LogP contribution is -2.37. The maximum Gasteiger partial charge on any atom is 0.191 e. The van der Waals surface area contributed by atoms with Crippen LogP contribution in [-0.4, -0.2) is 57.7 Å². The summed E-state index contributed by atoms with van der Waals surface area (Å²) in [5.74, 6) is 0. The molecule has 0 aromatic heterocycles. The molecule has 0 unspecified atom stereocenters. The summed E-state index contributed by atoms with van der Waals surface area (Å²) in [4.78, 5) is 0. The number of methoxy groups -OCH3 is 2. The van der Waals surface area contributed by atoms with Crippen LogP contribution in [-0.2, 0) is 13.9 Å². The molecular weight excluding hydrogens is 298 g/mol. The van der Waals surface area contributed by atoms with Gasteiger partial charge >= 0.3 is 0 Å². The highest BCUT2D eigenvalue weighted by Crippen LogP contribution is 2.22. The first kappa shape index (κ1) is 21.3. The van der Waals surface area contributed by atoms with Crippen LogP contribution in [0.3, 0.4) is 0 Å². The fourth-order valence-electron chi connectivity index (χ4n) is 2.64. The van der Waals surface area contributed by atoms with E-state index in [0.717, 1.165) is 13.1 Å². The lowest BCUT2D eigenvalue weighted by Gasteiger charge is -2.27. The van der Waals surface area contributed by atoms with Crippen molar-refractivity contribution in [3.05, 3.63) is 0 Å². The number of rotatable bonds is 14. The molecule has 0 aliphatic rings. The minimum absolute atomic E-state index is 0.286. The van der Waals surface area contributed by atoms with Gasteiger partial charge in [-0.15, -0.1) is 0 Å². The first-order chi connectivity index (χ1) is 10.0. The summed E-state index contributed by atoms with van der Waals surface area (Å²) in [6.07, 6.45) is 2.47. The molecule has 21 heavy (non-hydrogen) atoms. The Morgan fingerprint density at radius 3 is 2.05 bits per heavy atom. The van der Waals surface area contributed by atoms with E-state index in [0.29, 0.717) is 0 Å². The van der Waals surface area contributed by atoms with Gasteiger partial charge in [-0.2, -0.15) is 0 Å². The minimum Gasteiger partial charge on any atom is -0.420 e. The zero-order valence-corrected chi connectivity index (χ0v) is 17.5. The van der Waals surface area contributed by atoms with Crippen LogP contribution >= 0.6 is 0 Å². The average Bonchev–Trinajstić information content (AvgIpc) is 2.54. The van der Waals surface area contributed by atoms with Gasteiger partial charge in [0, 0.05) is 21.3 Å². The van der Waals surface area contributed by atoms with E-state index in [1.54, 1.807) is 14.2 Å². The molecular formula is C15H37NO3Si2. The van der Waals surface area contributed by atoms with Gasteiger partial charge in [-0.25, -0.2) is 0 Å². The van der Waals surface area contributed by atoms with E-state index in [2.05, 4.69) is 26.1 Å². The Morgan fingerprint density at radius 1 is 1.00 bits per heavy atom. The molecule has 0 fully saturated rings. The zero-order chi connectivity index (χ0) is 16.2. The SMILES string of the molecule is CC[Si](CC)(CCCNCCC[SiH2]C(C)(OC)OC)OC. The van der Waals surface area contributed by atoms with E-state index < -0.39 is 8.32 Å². The summed E-state index contributed by atoms with van der Waals surface area (Å²) in [6, 6.07) is 5.01. The molecule has 0 bridgehead atoms. The van der Waals surface area contributed by atoms with Crippen molar-refractivity contribution in [2.45, 2.75) is 63.2 Å². The van der Waals surface area contributed by atoms with Crippen molar-refractivity contribution >= 4 is 17.8 Å². The second kappa shape index (κ2) is 11.8. The number of ether oxygens (including phenoxy) is 2. The first-order valence-electron chi connectivity index (χ1n) is 8.37. The normalized spacial score (nSPS) is 13.4. The molecule has 1 N–H and O–H groups in total. The Labute approximate surface area is 135 Å². The lowest BCUT2D eigenvalue weighted by atomic mass is 10.4. The minimum atomic E-state index is -1.39. The highest BCUT2D eigenvalue weighted by molar-refractivity contribution is 6.73. The summed E-state index contributed by atoms with van der Waals surface area (Å²) in [5.41, 5.74) is -0.286. The monoisotopic (exact) mass is 335 g/mol. The van der Waals surface area contributed by atoms with Crippen LogP contribution < -0.4 is 5.32 Å². The van der Waals surface area contributed by atoms with Gasteiger partial charge in [0.25, 0.3) is 0 Å². The number of hydrogen-bond acceptors (Lipinski definition) is 4. The smallest absolute Gasteiger partial charge is 0.191 e. The topological polar surface area (TPSA) is 39.7 Å². The van der Waals surface area contributed by atoms with Gasteiger partial charge in [0.2, 0.25) is 0 Å². The molecule has 4 nitrogen and oxygen atoms in total. The van der Waals surface area contributed by atoms with Crippen LogP contribution in [0.25, 0.3) is 0 Å². The van der Waals surface area contributed by atoms with Crippen LogP contribution in [0.5, 0.6) is 0 Å². The molecule has 6 heteroatoms. The second-order valence-electron chi connectivity index (χ2n) is 5.95. The summed E-state index contributed by atoms with van der Waals surface area (Å²) < 4.78 is 16.7. The van der Waals surface area contributed by atoms with Gasteiger partial charge in [0.05, 0.1) is 9.52 Å². The fraction of sp³-hybridized carbons (Fsp3) is 1.00. The summed E-state index contributed by atoms with van der Waals surface area (Å²) in [5, 5.41) is 3.56. The maximum absolute atomic E-state index is 5.83. The predicted molar refractivity (Wildman–Crippen MR) is 96.4 cm³/mol. The van der Waals surface area contributed by atoms with Crippen LogP contribution in [0, 0.1) is 0 Å². The molecule has 0 aliphatic heterocycles. The summed E-state index contributed by atoms with van der Waals surface area (Å²) in [7, 11) is 3.64. The molecule has 0 saturated heterocycles. The van der Waals surface area contributed by atoms with E-state index in [-0.39, 0.29) is 14.9 Å². The molecule has 0 heterocycles. The maximum atomic E-state index is 5.83. The van der Waals surface area contributed by atoms with Crippen molar-refractivity contribution in [1.82, 2.24) is 5.32 Å². The second-order valence-corrected chi connectivity index (χ2v) is 13.1. The molecule has 0 atom stereocenters. The number of hydrogen-bond donors (Lipinski definition) is 1. The standard InChI is InChI=1S/C15H37NO3Si2/c1-7-21(8-2,19-6)14-10-12-16-11-9-13-20-15(3,17-4)18-5/h16H,7-14,20H2,1-6H3. The van der Waals surface area contributed by atoms with Crippen LogP contribution in [0.15, 0.2) is 0 Å². The zero-order valence-electron chi connectivity index (χ0n) is 15.1. The largest absolute Gasteiger partial charge is 0.420 e. The molecule has 128 valence electrons. The van der Waals surface area contributed by atoms with Gasteiger partial charge in [-0.05, 0) is 51.0 Å². The predicted octanol–water partition coefficient (Wildman–Crippen LogP) is 2.54. The molecule has 0 radical (unpaired) electrons. The van der Waals surface area contributed by atoms with Gasteiger partial charge in [0.15, 0.2) is 8.32 Å². The molecule has 0 rings (SSSR count). The highest BCUT2D eigenvalue weighted by atomic mass is 28.4. The van der Waals surface area contributed by atoms with Gasteiger partial charge in [-0.1, -0.05) is 19.9 Å². The van der Waals surface area contributed by atoms with Gasteiger partial charge in [0.1, 0.15) is 5.41 Å². The van der Waals surface area contributed by atoms with E-state index in [1.165, 1.54) is 37.0 Å².